The first-order valence-electron chi connectivity index (χ1n) is 9.53. The molecule has 0 radical (unpaired) electrons. The fourth-order valence-corrected chi connectivity index (χ4v) is 3.35. The van der Waals surface area contributed by atoms with E-state index in [0.717, 1.165) is 12.1 Å². The molecule has 1 N–H and O–H groups in total. The predicted molar refractivity (Wildman–Crippen MR) is 109 cm³/mol. The number of nitrogens with one attached hydrogen (secondary N) is 1. The van der Waals surface area contributed by atoms with Gasteiger partial charge in [0.1, 0.15) is 5.82 Å². The Morgan fingerprint density at radius 1 is 1.06 bits per heavy atom. The minimum atomic E-state index is -4.49. The average Bonchev–Trinajstić information content (AvgIpc) is 2.92. The first-order valence-corrected chi connectivity index (χ1v) is 9.53. The molecular formula is C22H17F3N4O2. The number of halogens is 3. The molecule has 2 amide bonds. The Hall–Kier alpha value is -3.75. The van der Waals surface area contributed by atoms with Gasteiger partial charge in [-0.3, -0.25) is 14.7 Å². The summed E-state index contributed by atoms with van der Waals surface area (Å²) in [6.07, 6.45) is -0.748. The van der Waals surface area contributed by atoms with E-state index in [9.17, 15) is 22.8 Å². The molecule has 4 rings (SSSR count). The number of carbonyl (C=O) groups excluding carboxylic acids is 2. The molecule has 0 saturated carbocycles. The van der Waals surface area contributed by atoms with Crippen LogP contribution >= 0.6 is 0 Å². The van der Waals surface area contributed by atoms with Crippen molar-refractivity contribution in [3.8, 4) is 11.3 Å². The van der Waals surface area contributed by atoms with Crippen LogP contribution in [0.15, 0.2) is 60.9 Å². The van der Waals surface area contributed by atoms with Crippen LogP contribution in [0.4, 0.5) is 29.5 Å². The maximum absolute atomic E-state index is 13.1. The first kappa shape index (κ1) is 20.5. The van der Waals surface area contributed by atoms with Crippen LogP contribution < -0.4 is 10.2 Å². The van der Waals surface area contributed by atoms with Gasteiger partial charge in [-0.15, -0.1) is 0 Å². The number of fused-ring (bicyclic) bond motifs is 1. The van der Waals surface area contributed by atoms with Crippen LogP contribution in [0.5, 0.6) is 0 Å². The summed E-state index contributed by atoms with van der Waals surface area (Å²) in [6.45, 7) is 0.245. The topological polar surface area (TPSA) is 75.2 Å². The number of nitrogens with zero attached hydrogens (tertiary/aromatic N) is 3. The van der Waals surface area contributed by atoms with Crippen LogP contribution in [0.1, 0.15) is 28.8 Å². The number of benzene rings is 1. The van der Waals surface area contributed by atoms with Crippen LogP contribution in [-0.2, 0) is 6.18 Å². The summed E-state index contributed by atoms with van der Waals surface area (Å²) in [5, 5.41) is 2.73. The number of hydrogen-bond donors (Lipinski definition) is 1. The number of anilines is 2. The summed E-state index contributed by atoms with van der Waals surface area (Å²) in [5.41, 5.74) is 0.458. The van der Waals surface area contributed by atoms with Gasteiger partial charge < -0.3 is 5.32 Å². The molecule has 3 aromatic rings. The number of alkyl halides is 3. The number of Topliss-reactive ketones (excluding diaryl/α,β-unsaturated/α-hetero) is 1. The molecule has 0 bridgehead atoms. The average molecular weight is 426 g/mol. The Morgan fingerprint density at radius 2 is 1.84 bits per heavy atom. The second kappa shape index (κ2) is 8.17. The van der Waals surface area contributed by atoms with Crippen molar-refractivity contribution >= 4 is 23.3 Å². The van der Waals surface area contributed by atoms with Gasteiger partial charge in [0.25, 0.3) is 0 Å². The van der Waals surface area contributed by atoms with E-state index >= 15 is 0 Å². The number of carbonyl (C=O) groups is 2. The Kier molecular flexibility index (Phi) is 5.41. The number of hydrogen-bond acceptors (Lipinski definition) is 4. The maximum atomic E-state index is 13.1. The summed E-state index contributed by atoms with van der Waals surface area (Å²) >= 11 is 0. The molecule has 0 fully saturated rings. The molecule has 1 aliphatic rings. The van der Waals surface area contributed by atoms with Gasteiger partial charge >= 0.3 is 12.2 Å². The summed E-state index contributed by atoms with van der Waals surface area (Å²) in [6, 6.07) is 10.5. The van der Waals surface area contributed by atoms with Gasteiger partial charge in [-0.2, -0.15) is 13.2 Å². The van der Waals surface area contributed by atoms with Crippen LogP contribution in [0, 0.1) is 0 Å². The second-order valence-corrected chi connectivity index (χ2v) is 6.99. The highest BCUT2D eigenvalue weighted by atomic mass is 19.4. The maximum Gasteiger partial charge on any atom is 0.416 e. The molecule has 0 saturated heterocycles. The highest BCUT2D eigenvalue weighted by Crippen LogP contribution is 2.33. The van der Waals surface area contributed by atoms with Crippen molar-refractivity contribution in [2.75, 3.05) is 16.8 Å². The third-order valence-corrected chi connectivity index (χ3v) is 4.88. The molecule has 0 unspecified atom stereocenters. The first-order chi connectivity index (χ1) is 14.8. The lowest BCUT2D eigenvalue weighted by atomic mass is 10.0. The number of aromatic nitrogens is 2. The monoisotopic (exact) mass is 426 g/mol. The standard InChI is InChI=1S/C22H17F3N4O2/c23-22(24,25)15-4-1-3-14(13-15)18-7-6-17-19(30)5-2-12-29(20(17)28-18)21(31)27-16-8-10-26-11-9-16/h1,3-4,6-11,13H,2,5,12H2,(H,26,27,31). The smallest absolute Gasteiger partial charge is 0.307 e. The zero-order valence-corrected chi connectivity index (χ0v) is 16.2. The van der Waals surface area contributed by atoms with Crippen molar-refractivity contribution in [1.29, 1.82) is 0 Å². The van der Waals surface area contributed by atoms with E-state index in [1.807, 2.05) is 0 Å². The molecule has 6 nitrogen and oxygen atoms in total. The van der Waals surface area contributed by atoms with Gasteiger partial charge in [0, 0.05) is 36.6 Å². The molecule has 158 valence electrons. The Labute approximate surface area is 175 Å². The third-order valence-electron chi connectivity index (χ3n) is 4.88. The van der Waals surface area contributed by atoms with E-state index < -0.39 is 17.8 Å². The van der Waals surface area contributed by atoms with Crippen molar-refractivity contribution < 1.29 is 22.8 Å². The number of urea groups is 1. The molecule has 1 aliphatic heterocycles. The Balaban J connectivity index is 1.74. The predicted octanol–water partition coefficient (Wildman–Crippen LogP) is 5.18. The fourth-order valence-electron chi connectivity index (χ4n) is 3.35. The zero-order valence-electron chi connectivity index (χ0n) is 16.2. The Bertz CT molecular complexity index is 1130. The molecular weight excluding hydrogens is 409 g/mol. The van der Waals surface area contributed by atoms with Crippen molar-refractivity contribution in [3.63, 3.8) is 0 Å². The largest absolute Gasteiger partial charge is 0.416 e. The van der Waals surface area contributed by atoms with Gasteiger partial charge in [0.15, 0.2) is 5.78 Å². The SMILES string of the molecule is O=C1CCCN(C(=O)Nc2ccncc2)c2nc(-c3cccc(C(F)(F)F)c3)ccc21. The highest BCUT2D eigenvalue weighted by molar-refractivity contribution is 6.08. The number of pyridine rings is 2. The Morgan fingerprint density at radius 3 is 2.58 bits per heavy atom. The van der Waals surface area contributed by atoms with Gasteiger partial charge in [-0.25, -0.2) is 9.78 Å². The summed E-state index contributed by atoms with van der Waals surface area (Å²) in [4.78, 5) is 35.1. The lowest BCUT2D eigenvalue weighted by molar-refractivity contribution is -0.137. The second-order valence-electron chi connectivity index (χ2n) is 6.99. The molecule has 2 aromatic heterocycles. The minimum absolute atomic E-state index is 0.129. The van der Waals surface area contributed by atoms with Crippen LogP contribution in [0.2, 0.25) is 0 Å². The molecule has 31 heavy (non-hydrogen) atoms. The normalized spacial score (nSPS) is 14.0. The van der Waals surface area contributed by atoms with E-state index in [4.69, 9.17) is 0 Å². The van der Waals surface area contributed by atoms with Gasteiger partial charge in [-0.1, -0.05) is 12.1 Å². The van der Waals surface area contributed by atoms with Gasteiger partial charge in [-0.05, 0) is 42.8 Å². The van der Waals surface area contributed by atoms with E-state index in [2.05, 4.69) is 15.3 Å². The minimum Gasteiger partial charge on any atom is -0.307 e. The third kappa shape index (κ3) is 4.40. The van der Waals surface area contributed by atoms with Crippen molar-refractivity contribution in [3.05, 3.63) is 72.1 Å². The molecule has 0 aliphatic carbocycles. The van der Waals surface area contributed by atoms with Crippen LogP contribution in [0.3, 0.4) is 0 Å². The van der Waals surface area contributed by atoms with Gasteiger partial charge in [0.05, 0.1) is 16.8 Å². The lowest BCUT2D eigenvalue weighted by Gasteiger charge is -2.22. The van der Waals surface area contributed by atoms with E-state index in [1.54, 1.807) is 12.1 Å². The molecule has 0 spiro atoms. The van der Waals surface area contributed by atoms with E-state index in [-0.39, 0.29) is 41.4 Å². The molecule has 3 heterocycles. The lowest BCUT2D eigenvalue weighted by Crippen LogP contribution is -2.36. The van der Waals surface area contributed by atoms with Gasteiger partial charge in [0.2, 0.25) is 0 Å². The summed E-state index contributed by atoms with van der Waals surface area (Å²) in [7, 11) is 0. The van der Waals surface area contributed by atoms with Crippen molar-refractivity contribution in [2.24, 2.45) is 0 Å². The number of amides is 2. The fraction of sp³-hybridized carbons (Fsp3) is 0.182. The number of rotatable bonds is 2. The van der Waals surface area contributed by atoms with Crippen LogP contribution in [0.25, 0.3) is 11.3 Å². The van der Waals surface area contributed by atoms with E-state index in [0.29, 0.717) is 12.1 Å². The summed E-state index contributed by atoms with van der Waals surface area (Å²) in [5.74, 6) is -0.0405. The molecule has 0 atom stereocenters. The van der Waals surface area contributed by atoms with Crippen molar-refractivity contribution in [2.45, 2.75) is 19.0 Å². The van der Waals surface area contributed by atoms with E-state index in [1.165, 1.54) is 41.6 Å². The number of ketones is 1. The zero-order chi connectivity index (χ0) is 22.0. The summed E-state index contributed by atoms with van der Waals surface area (Å²) < 4.78 is 39.3. The molecule has 1 aromatic carbocycles. The highest BCUT2D eigenvalue weighted by Gasteiger charge is 2.31. The van der Waals surface area contributed by atoms with Crippen LogP contribution in [-0.4, -0.2) is 28.3 Å². The molecule has 9 heteroatoms. The quantitative estimate of drug-likeness (QED) is 0.613. The van der Waals surface area contributed by atoms with Crippen molar-refractivity contribution in [1.82, 2.24) is 9.97 Å².